The van der Waals surface area contributed by atoms with Crippen molar-refractivity contribution in [3.05, 3.63) is 95.1 Å². The van der Waals surface area contributed by atoms with Gasteiger partial charge in [0.25, 0.3) is 5.69 Å². The summed E-state index contributed by atoms with van der Waals surface area (Å²) in [6.45, 7) is 3.86. The van der Waals surface area contributed by atoms with Crippen molar-refractivity contribution in [3.63, 3.8) is 0 Å². The van der Waals surface area contributed by atoms with Crippen LogP contribution in [0.5, 0.6) is 17.2 Å². The molecule has 0 amide bonds. The van der Waals surface area contributed by atoms with Crippen LogP contribution >= 0.6 is 11.8 Å². The lowest BCUT2D eigenvalue weighted by atomic mass is 10.2. The molecule has 1 aliphatic heterocycles. The second kappa shape index (κ2) is 9.05. The zero-order valence-corrected chi connectivity index (χ0v) is 18.5. The molecule has 3 aromatic carbocycles. The molecule has 1 heterocycles. The number of rotatable bonds is 9. The first kappa shape index (κ1) is 21.9. The highest BCUT2D eigenvalue weighted by Crippen LogP contribution is 2.33. The van der Waals surface area contributed by atoms with E-state index in [0.29, 0.717) is 33.5 Å². The summed E-state index contributed by atoms with van der Waals surface area (Å²) in [6, 6.07) is 19.2. The molecule has 1 fully saturated rings. The van der Waals surface area contributed by atoms with Gasteiger partial charge in [0.1, 0.15) is 23.0 Å². The van der Waals surface area contributed by atoms with E-state index in [4.69, 9.17) is 9.47 Å². The summed E-state index contributed by atoms with van der Waals surface area (Å²) in [7, 11) is -3.27. The summed E-state index contributed by atoms with van der Waals surface area (Å²) in [6.07, 6.45) is 0. The molecule has 164 valence electrons. The zero-order valence-electron chi connectivity index (χ0n) is 16.8. The molecule has 1 atom stereocenters. The molecule has 0 spiro atoms. The molecule has 4 rings (SSSR count). The Morgan fingerprint density at radius 3 is 2.03 bits per heavy atom. The standard InChI is InChI=1S/C23H19NO6S2/c1-16(17-2-4-18(5-3-17)24(25)26)29-19-6-8-20(9-7-19)30-21-10-12-23(13-11-21)32(27,28)15-22-14-31-22/h2-13,22H,1,14-15H2. The van der Waals surface area contributed by atoms with Gasteiger partial charge in [-0.2, -0.15) is 11.8 Å². The molecule has 32 heavy (non-hydrogen) atoms. The fraction of sp³-hybridized carbons (Fsp3) is 0.130. The van der Waals surface area contributed by atoms with Gasteiger partial charge in [-0.05, 0) is 60.7 Å². The summed E-state index contributed by atoms with van der Waals surface area (Å²) >= 11 is 1.66. The van der Waals surface area contributed by atoms with E-state index in [1.807, 2.05) is 0 Å². The van der Waals surface area contributed by atoms with Crippen LogP contribution in [0.2, 0.25) is 0 Å². The molecule has 9 heteroatoms. The van der Waals surface area contributed by atoms with Crippen molar-refractivity contribution in [2.75, 3.05) is 11.5 Å². The first-order valence-electron chi connectivity index (χ1n) is 9.64. The van der Waals surface area contributed by atoms with Crippen LogP contribution < -0.4 is 9.47 Å². The molecule has 0 radical (unpaired) electrons. The van der Waals surface area contributed by atoms with E-state index in [2.05, 4.69) is 6.58 Å². The minimum atomic E-state index is -3.27. The molecule has 1 aliphatic rings. The first-order valence-corrected chi connectivity index (χ1v) is 12.3. The number of nitro groups is 1. The maximum absolute atomic E-state index is 12.3. The quantitative estimate of drug-likeness (QED) is 0.181. The van der Waals surface area contributed by atoms with Crippen LogP contribution in [0.3, 0.4) is 0 Å². The van der Waals surface area contributed by atoms with Gasteiger partial charge in [0.15, 0.2) is 9.84 Å². The van der Waals surface area contributed by atoms with Gasteiger partial charge < -0.3 is 9.47 Å². The number of ether oxygens (including phenoxy) is 2. The van der Waals surface area contributed by atoms with Gasteiger partial charge >= 0.3 is 0 Å². The van der Waals surface area contributed by atoms with Gasteiger partial charge in [0, 0.05) is 28.7 Å². The Labute approximate surface area is 189 Å². The molecule has 0 bridgehead atoms. The molecule has 1 saturated heterocycles. The van der Waals surface area contributed by atoms with E-state index < -0.39 is 14.8 Å². The van der Waals surface area contributed by atoms with Crippen LogP contribution in [0, 0.1) is 10.1 Å². The lowest BCUT2D eigenvalue weighted by Gasteiger charge is -2.10. The van der Waals surface area contributed by atoms with Crippen LogP contribution in [-0.4, -0.2) is 30.1 Å². The number of non-ortho nitro benzene ring substituents is 1. The zero-order chi connectivity index (χ0) is 22.7. The molecule has 7 nitrogen and oxygen atoms in total. The van der Waals surface area contributed by atoms with Crippen molar-refractivity contribution < 1.29 is 22.8 Å². The average Bonchev–Trinajstić information content (AvgIpc) is 3.59. The summed E-state index contributed by atoms with van der Waals surface area (Å²) in [4.78, 5) is 10.6. The Hall–Kier alpha value is -3.30. The van der Waals surface area contributed by atoms with Gasteiger partial charge in [-0.25, -0.2) is 8.42 Å². The Balaban J connectivity index is 1.36. The smallest absolute Gasteiger partial charge is 0.269 e. The third-order valence-corrected chi connectivity index (χ3v) is 7.71. The third-order valence-electron chi connectivity index (χ3n) is 4.69. The Bertz CT molecular complexity index is 1230. The summed E-state index contributed by atoms with van der Waals surface area (Å²) in [5, 5.41) is 11.0. The summed E-state index contributed by atoms with van der Waals surface area (Å²) in [5.74, 6) is 3.04. The molecule has 0 N–H and O–H groups in total. The molecule has 3 aromatic rings. The number of nitrogens with zero attached hydrogens (tertiary/aromatic N) is 1. The number of hydrogen-bond acceptors (Lipinski definition) is 7. The van der Waals surface area contributed by atoms with Crippen LogP contribution in [0.15, 0.2) is 84.3 Å². The van der Waals surface area contributed by atoms with Gasteiger partial charge in [-0.15, -0.1) is 0 Å². The van der Waals surface area contributed by atoms with E-state index in [1.54, 1.807) is 72.4 Å². The highest BCUT2D eigenvalue weighted by molar-refractivity contribution is 8.08. The second-order valence-corrected chi connectivity index (χ2v) is 10.5. The summed E-state index contributed by atoms with van der Waals surface area (Å²) in [5.41, 5.74) is 0.627. The number of benzene rings is 3. The predicted molar refractivity (Wildman–Crippen MR) is 124 cm³/mol. The number of thioether (sulfide) groups is 1. The molecular formula is C23H19NO6S2. The SMILES string of the molecule is C=C(Oc1ccc(Oc2ccc(S(=O)(=O)CC3CS3)cc2)cc1)c1ccc([N+](=O)[O-])cc1. The van der Waals surface area contributed by atoms with E-state index in [0.717, 1.165) is 5.75 Å². The maximum atomic E-state index is 12.3. The highest BCUT2D eigenvalue weighted by Gasteiger charge is 2.29. The fourth-order valence-electron chi connectivity index (χ4n) is 2.90. The van der Waals surface area contributed by atoms with E-state index in [9.17, 15) is 18.5 Å². The van der Waals surface area contributed by atoms with Crippen LogP contribution in [0.4, 0.5) is 5.69 Å². The molecule has 1 unspecified atom stereocenters. The largest absolute Gasteiger partial charge is 0.457 e. The van der Waals surface area contributed by atoms with E-state index >= 15 is 0 Å². The van der Waals surface area contributed by atoms with Gasteiger partial charge in [-0.1, -0.05) is 6.58 Å². The van der Waals surface area contributed by atoms with Crippen LogP contribution in [0.25, 0.3) is 5.76 Å². The third kappa shape index (κ3) is 5.49. The second-order valence-electron chi connectivity index (χ2n) is 7.11. The van der Waals surface area contributed by atoms with Crippen molar-refractivity contribution in [1.29, 1.82) is 0 Å². The fourth-order valence-corrected chi connectivity index (χ4v) is 5.58. The monoisotopic (exact) mass is 469 g/mol. The van der Waals surface area contributed by atoms with Crippen LogP contribution in [-0.2, 0) is 9.84 Å². The highest BCUT2D eigenvalue weighted by atomic mass is 32.2. The number of nitro benzene ring substituents is 1. The Morgan fingerprint density at radius 1 is 0.969 bits per heavy atom. The van der Waals surface area contributed by atoms with Gasteiger partial charge in [-0.3, -0.25) is 10.1 Å². The van der Waals surface area contributed by atoms with E-state index in [-0.39, 0.29) is 16.7 Å². The Morgan fingerprint density at radius 2 is 1.50 bits per heavy atom. The number of sulfone groups is 1. The van der Waals surface area contributed by atoms with E-state index in [1.165, 1.54) is 12.1 Å². The lowest BCUT2D eigenvalue weighted by molar-refractivity contribution is -0.384. The first-order chi connectivity index (χ1) is 15.3. The van der Waals surface area contributed by atoms with Crippen molar-refractivity contribution in [2.45, 2.75) is 10.1 Å². The molecule has 0 aliphatic carbocycles. The number of hydrogen-bond donors (Lipinski definition) is 0. The van der Waals surface area contributed by atoms with Gasteiger partial charge in [0.05, 0.1) is 15.6 Å². The lowest BCUT2D eigenvalue weighted by Crippen LogP contribution is -2.10. The molecule has 0 aromatic heterocycles. The minimum absolute atomic E-state index is 0.00407. The maximum Gasteiger partial charge on any atom is 0.269 e. The Kier molecular flexibility index (Phi) is 6.20. The van der Waals surface area contributed by atoms with Crippen molar-refractivity contribution in [2.24, 2.45) is 0 Å². The van der Waals surface area contributed by atoms with Crippen molar-refractivity contribution in [3.8, 4) is 17.2 Å². The molecule has 0 saturated carbocycles. The summed E-state index contributed by atoms with van der Waals surface area (Å²) < 4.78 is 36.1. The van der Waals surface area contributed by atoms with Crippen molar-refractivity contribution >= 4 is 33.0 Å². The van der Waals surface area contributed by atoms with Gasteiger partial charge in [0.2, 0.25) is 0 Å². The molecular weight excluding hydrogens is 450 g/mol. The topological polar surface area (TPSA) is 95.7 Å². The predicted octanol–water partition coefficient (Wildman–Crippen LogP) is 5.33. The van der Waals surface area contributed by atoms with Crippen LogP contribution in [0.1, 0.15) is 5.56 Å². The van der Waals surface area contributed by atoms with Crippen molar-refractivity contribution in [1.82, 2.24) is 0 Å². The normalized spacial score (nSPS) is 15.1. The minimum Gasteiger partial charge on any atom is -0.457 e. The average molecular weight is 470 g/mol.